The van der Waals surface area contributed by atoms with Gasteiger partial charge in [-0.3, -0.25) is 9.98 Å². The Morgan fingerprint density at radius 2 is 1.90 bits per heavy atom. The Morgan fingerprint density at radius 1 is 1.19 bits per heavy atom. The van der Waals surface area contributed by atoms with E-state index >= 15 is 0 Å². The summed E-state index contributed by atoms with van der Waals surface area (Å²) in [5.41, 5.74) is 7.83. The SMILES string of the molecule is CC(C)(C)NC(N)=NCCc1ccc2ccccc2n1.I. The van der Waals surface area contributed by atoms with Crippen LogP contribution in [0.1, 0.15) is 26.5 Å². The van der Waals surface area contributed by atoms with Gasteiger partial charge in [0.05, 0.1) is 5.52 Å². The lowest BCUT2D eigenvalue weighted by Crippen LogP contribution is -2.45. The van der Waals surface area contributed by atoms with Gasteiger partial charge in [0.15, 0.2) is 5.96 Å². The molecule has 0 atom stereocenters. The Labute approximate surface area is 143 Å². The van der Waals surface area contributed by atoms with Crippen LogP contribution in [0.3, 0.4) is 0 Å². The zero-order chi connectivity index (χ0) is 14.6. The molecule has 3 N–H and O–H groups in total. The molecule has 0 amide bonds. The number of pyridine rings is 1. The maximum absolute atomic E-state index is 5.83. The Bertz CT molecular complexity index is 617. The lowest BCUT2D eigenvalue weighted by molar-refractivity contribution is 0.508. The molecule has 2 aromatic rings. The van der Waals surface area contributed by atoms with Gasteiger partial charge in [-0.25, -0.2) is 0 Å². The van der Waals surface area contributed by atoms with Crippen molar-refractivity contribution in [3.8, 4) is 0 Å². The number of fused-ring (bicyclic) bond motifs is 1. The van der Waals surface area contributed by atoms with Crippen molar-refractivity contribution in [3.63, 3.8) is 0 Å². The zero-order valence-electron chi connectivity index (χ0n) is 12.8. The van der Waals surface area contributed by atoms with Gasteiger partial charge in [0.1, 0.15) is 0 Å². The molecule has 0 saturated heterocycles. The molecule has 0 aliphatic rings. The van der Waals surface area contributed by atoms with Crippen LogP contribution in [0.4, 0.5) is 0 Å². The van der Waals surface area contributed by atoms with E-state index in [-0.39, 0.29) is 29.5 Å². The Balaban J connectivity index is 0.00000220. The number of para-hydroxylation sites is 1. The molecule has 114 valence electrons. The van der Waals surface area contributed by atoms with Gasteiger partial charge in [-0.15, -0.1) is 24.0 Å². The summed E-state index contributed by atoms with van der Waals surface area (Å²) in [4.78, 5) is 8.94. The summed E-state index contributed by atoms with van der Waals surface area (Å²) in [5.74, 6) is 0.485. The normalized spacial score (nSPS) is 12.0. The third kappa shape index (κ3) is 5.87. The van der Waals surface area contributed by atoms with Crippen molar-refractivity contribution in [1.82, 2.24) is 10.3 Å². The number of benzene rings is 1. The van der Waals surface area contributed by atoms with Gasteiger partial charge in [-0.05, 0) is 32.9 Å². The van der Waals surface area contributed by atoms with Crippen LogP contribution in [0.25, 0.3) is 10.9 Å². The number of aliphatic imine (C=N–C) groups is 1. The topological polar surface area (TPSA) is 63.3 Å². The van der Waals surface area contributed by atoms with Gasteiger partial charge in [-0.2, -0.15) is 0 Å². The highest BCUT2D eigenvalue weighted by Crippen LogP contribution is 2.12. The van der Waals surface area contributed by atoms with E-state index in [1.54, 1.807) is 0 Å². The highest BCUT2D eigenvalue weighted by Gasteiger charge is 2.09. The van der Waals surface area contributed by atoms with Crippen molar-refractivity contribution in [2.24, 2.45) is 10.7 Å². The van der Waals surface area contributed by atoms with E-state index in [1.165, 1.54) is 0 Å². The molecule has 0 radical (unpaired) electrons. The van der Waals surface area contributed by atoms with Gasteiger partial charge >= 0.3 is 0 Å². The van der Waals surface area contributed by atoms with Gasteiger partial charge in [0.2, 0.25) is 0 Å². The second-order valence-corrected chi connectivity index (χ2v) is 5.89. The molecule has 0 bridgehead atoms. The van der Waals surface area contributed by atoms with Crippen LogP contribution >= 0.6 is 24.0 Å². The third-order valence-electron chi connectivity index (χ3n) is 2.81. The number of nitrogens with zero attached hydrogens (tertiary/aromatic N) is 2. The van der Waals surface area contributed by atoms with Crippen LogP contribution in [-0.4, -0.2) is 23.0 Å². The Hall–Kier alpha value is -1.37. The second-order valence-electron chi connectivity index (χ2n) is 5.89. The summed E-state index contributed by atoms with van der Waals surface area (Å²) < 4.78 is 0. The van der Waals surface area contributed by atoms with Crippen molar-refractivity contribution < 1.29 is 0 Å². The van der Waals surface area contributed by atoms with E-state index in [2.05, 4.69) is 48.2 Å². The second kappa shape index (κ2) is 7.59. The van der Waals surface area contributed by atoms with Crippen LogP contribution in [-0.2, 0) is 6.42 Å². The third-order valence-corrected chi connectivity index (χ3v) is 2.81. The number of nitrogens with one attached hydrogen (secondary N) is 1. The minimum absolute atomic E-state index is 0. The van der Waals surface area contributed by atoms with Crippen molar-refractivity contribution >= 4 is 40.8 Å². The molecule has 0 saturated carbocycles. The van der Waals surface area contributed by atoms with Gasteiger partial charge in [-0.1, -0.05) is 24.3 Å². The number of halogens is 1. The van der Waals surface area contributed by atoms with Crippen molar-refractivity contribution in [1.29, 1.82) is 0 Å². The number of rotatable bonds is 3. The monoisotopic (exact) mass is 398 g/mol. The molecule has 0 spiro atoms. The summed E-state index contributed by atoms with van der Waals surface area (Å²) in [6.07, 6.45) is 0.789. The first-order valence-electron chi connectivity index (χ1n) is 6.87. The predicted octanol–water partition coefficient (Wildman–Crippen LogP) is 3.10. The van der Waals surface area contributed by atoms with Crippen LogP contribution in [0.5, 0.6) is 0 Å². The number of aromatic nitrogens is 1. The average molecular weight is 398 g/mol. The Morgan fingerprint density at radius 3 is 2.62 bits per heavy atom. The van der Waals surface area contributed by atoms with Crippen LogP contribution in [0, 0.1) is 0 Å². The Kier molecular flexibility index (Phi) is 6.39. The molecule has 0 aliphatic heterocycles. The van der Waals surface area contributed by atoms with Crippen LogP contribution < -0.4 is 11.1 Å². The lowest BCUT2D eigenvalue weighted by atomic mass is 10.1. The van der Waals surface area contributed by atoms with Gasteiger partial charge in [0.25, 0.3) is 0 Å². The summed E-state index contributed by atoms with van der Waals surface area (Å²) in [6.45, 7) is 6.81. The van der Waals surface area contributed by atoms with E-state index in [4.69, 9.17) is 5.73 Å². The van der Waals surface area contributed by atoms with Crippen LogP contribution in [0.15, 0.2) is 41.4 Å². The standard InChI is InChI=1S/C16H22N4.HI/c1-16(2,3)20-15(17)18-11-10-13-9-8-12-6-4-5-7-14(12)19-13;/h4-9H,10-11H2,1-3H3,(H3,17,18,20);1H. The average Bonchev–Trinajstić information content (AvgIpc) is 2.36. The fraction of sp³-hybridized carbons (Fsp3) is 0.375. The smallest absolute Gasteiger partial charge is 0.188 e. The fourth-order valence-corrected chi connectivity index (χ4v) is 1.96. The van der Waals surface area contributed by atoms with Crippen molar-refractivity contribution in [2.45, 2.75) is 32.7 Å². The maximum Gasteiger partial charge on any atom is 0.188 e. The minimum Gasteiger partial charge on any atom is -0.370 e. The van der Waals surface area contributed by atoms with Gasteiger partial charge in [0, 0.05) is 29.6 Å². The molecule has 21 heavy (non-hydrogen) atoms. The minimum atomic E-state index is -0.0607. The van der Waals surface area contributed by atoms with Crippen molar-refractivity contribution in [2.75, 3.05) is 6.54 Å². The molecule has 1 aromatic carbocycles. The number of nitrogens with two attached hydrogens (primary N) is 1. The molecule has 4 nitrogen and oxygen atoms in total. The zero-order valence-corrected chi connectivity index (χ0v) is 15.1. The molecular formula is C16H23IN4. The maximum atomic E-state index is 5.83. The lowest BCUT2D eigenvalue weighted by Gasteiger charge is -2.20. The quantitative estimate of drug-likeness (QED) is 0.475. The highest BCUT2D eigenvalue weighted by molar-refractivity contribution is 14.0. The first-order chi connectivity index (χ1) is 9.44. The molecule has 0 fully saturated rings. The van der Waals surface area contributed by atoms with E-state index in [1.807, 2.05) is 24.3 Å². The predicted molar refractivity (Wildman–Crippen MR) is 100 cm³/mol. The first kappa shape index (κ1) is 17.7. The number of guanidine groups is 1. The molecular weight excluding hydrogens is 375 g/mol. The van der Waals surface area contributed by atoms with E-state index < -0.39 is 0 Å². The van der Waals surface area contributed by atoms with Crippen molar-refractivity contribution in [3.05, 3.63) is 42.1 Å². The largest absolute Gasteiger partial charge is 0.370 e. The van der Waals surface area contributed by atoms with E-state index in [0.717, 1.165) is 23.0 Å². The number of hydrogen-bond donors (Lipinski definition) is 2. The fourth-order valence-electron chi connectivity index (χ4n) is 1.96. The summed E-state index contributed by atoms with van der Waals surface area (Å²) in [7, 11) is 0. The highest BCUT2D eigenvalue weighted by atomic mass is 127. The van der Waals surface area contributed by atoms with Gasteiger partial charge < -0.3 is 11.1 Å². The summed E-state index contributed by atoms with van der Waals surface area (Å²) >= 11 is 0. The van der Waals surface area contributed by atoms with Crippen LogP contribution in [0.2, 0.25) is 0 Å². The number of hydrogen-bond acceptors (Lipinski definition) is 2. The molecule has 5 heteroatoms. The van der Waals surface area contributed by atoms with E-state index in [9.17, 15) is 0 Å². The summed E-state index contributed by atoms with van der Waals surface area (Å²) in [6, 6.07) is 12.3. The molecule has 1 aromatic heterocycles. The molecule has 2 rings (SSSR count). The molecule has 0 aliphatic carbocycles. The first-order valence-corrected chi connectivity index (χ1v) is 6.87. The van der Waals surface area contributed by atoms with E-state index in [0.29, 0.717) is 12.5 Å². The molecule has 1 heterocycles. The summed E-state index contributed by atoms with van der Waals surface area (Å²) in [5, 5.41) is 4.30. The molecule has 0 unspecified atom stereocenters.